The largest absolute Gasteiger partial charge is 0.363 e. The highest BCUT2D eigenvalue weighted by Gasteiger charge is 2.52. The zero-order valence-electron chi connectivity index (χ0n) is 28.3. The van der Waals surface area contributed by atoms with Crippen LogP contribution >= 0.6 is 0 Å². The second-order valence-electron chi connectivity index (χ2n) is 16.0. The van der Waals surface area contributed by atoms with E-state index in [4.69, 9.17) is 5.73 Å². The van der Waals surface area contributed by atoms with Gasteiger partial charge in [-0.25, -0.2) is 13.2 Å². The summed E-state index contributed by atoms with van der Waals surface area (Å²) < 4.78 is 24.6. The van der Waals surface area contributed by atoms with E-state index in [9.17, 15) is 32.4 Å². The van der Waals surface area contributed by atoms with Crippen LogP contribution in [0, 0.1) is 22.7 Å². The molecule has 0 bridgehead atoms. The molecule has 0 radical (unpaired) electrons. The summed E-state index contributed by atoms with van der Waals surface area (Å²) in [5, 5.41) is 8.62. The van der Waals surface area contributed by atoms with Gasteiger partial charge in [0.1, 0.15) is 21.9 Å². The number of ketones is 1. The third kappa shape index (κ3) is 8.80. The monoisotopic (exact) mass is 665 g/mol. The molecule has 4 rings (SSSR count). The molecule has 0 aromatic rings. The van der Waals surface area contributed by atoms with E-state index in [0.717, 1.165) is 64.0 Å². The third-order valence-electron chi connectivity index (χ3n) is 10.9. The predicted molar refractivity (Wildman–Crippen MR) is 174 cm³/mol. The zero-order chi connectivity index (χ0) is 34.1. The Morgan fingerprint density at radius 2 is 1.52 bits per heavy atom. The number of primary amides is 1. The van der Waals surface area contributed by atoms with E-state index >= 15 is 0 Å². The second kappa shape index (κ2) is 13.8. The Balaban J connectivity index is 1.60. The molecule has 2 unspecified atom stereocenters. The van der Waals surface area contributed by atoms with Crippen LogP contribution in [0.1, 0.15) is 111 Å². The van der Waals surface area contributed by atoms with Crippen LogP contribution in [0.5, 0.6) is 0 Å². The molecule has 12 nitrogen and oxygen atoms in total. The number of carbonyl (C=O) groups excluding carboxylic acids is 5. The van der Waals surface area contributed by atoms with E-state index in [2.05, 4.69) is 22.9 Å². The van der Waals surface area contributed by atoms with Crippen molar-refractivity contribution in [1.82, 2.24) is 20.9 Å². The minimum atomic E-state index is -3.39. The molecule has 1 saturated heterocycles. The van der Waals surface area contributed by atoms with Crippen molar-refractivity contribution in [3.05, 3.63) is 0 Å². The summed E-state index contributed by atoms with van der Waals surface area (Å²) in [5.41, 5.74) is 3.54. The lowest BCUT2D eigenvalue weighted by Gasteiger charge is -2.50. The van der Waals surface area contributed by atoms with E-state index in [1.165, 1.54) is 0 Å². The van der Waals surface area contributed by atoms with Gasteiger partial charge < -0.3 is 26.6 Å². The lowest BCUT2D eigenvalue weighted by Crippen LogP contribution is -2.66. The van der Waals surface area contributed by atoms with E-state index < -0.39 is 68.5 Å². The smallest absolute Gasteiger partial charge is 0.315 e. The number of piperidine rings is 1. The first-order valence-corrected chi connectivity index (χ1v) is 19.1. The van der Waals surface area contributed by atoms with E-state index in [1.807, 2.05) is 20.8 Å². The maximum atomic E-state index is 14.5. The Bertz CT molecular complexity index is 1290. The molecule has 13 heteroatoms. The van der Waals surface area contributed by atoms with Crippen LogP contribution in [-0.4, -0.2) is 85.1 Å². The molecule has 5 N–H and O–H groups in total. The van der Waals surface area contributed by atoms with Gasteiger partial charge in [0.05, 0.1) is 17.3 Å². The van der Waals surface area contributed by atoms with Crippen LogP contribution in [-0.2, 0) is 29.0 Å². The SMILES string of the molecule is CC1CN(C(=O)[C@@H](NC(=O)NC2(CS(C)(=O)=O)CCCCC2)C(C)(C)C)[C@H](C(=O)NC(CC2CC2)C(=O)C(N)=O)CC12CCCC2. The van der Waals surface area contributed by atoms with Gasteiger partial charge >= 0.3 is 6.03 Å². The van der Waals surface area contributed by atoms with Gasteiger partial charge in [-0.2, -0.15) is 0 Å². The van der Waals surface area contributed by atoms with Crippen molar-refractivity contribution in [3.63, 3.8) is 0 Å². The van der Waals surface area contributed by atoms with Crippen LogP contribution in [0.3, 0.4) is 0 Å². The number of nitrogens with zero attached hydrogens (tertiary/aromatic N) is 1. The first-order chi connectivity index (χ1) is 21.3. The molecular formula is C33H55N5O7S. The fraction of sp³-hybridized carbons (Fsp3) is 0.848. The number of hydrogen-bond acceptors (Lipinski definition) is 7. The van der Waals surface area contributed by atoms with Gasteiger partial charge in [-0.3, -0.25) is 19.2 Å². The maximum absolute atomic E-state index is 14.5. The highest BCUT2D eigenvalue weighted by atomic mass is 32.2. The molecule has 3 saturated carbocycles. The molecule has 5 amide bonds. The van der Waals surface area contributed by atoms with Gasteiger partial charge in [-0.05, 0) is 61.2 Å². The van der Waals surface area contributed by atoms with Crippen LogP contribution in [0.2, 0.25) is 0 Å². The fourth-order valence-electron chi connectivity index (χ4n) is 8.18. The second-order valence-corrected chi connectivity index (χ2v) is 18.1. The number of urea groups is 1. The lowest BCUT2D eigenvalue weighted by atomic mass is 9.67. The molecule has 1 aliphatic heterocycles. The Morgan fingerprint density at radius 3 is 2.04 bits per heavy atom. The van der Waals surface area contributed by atoms with Crippen molar-refractivity contribution >= 4 is 39.4 Å². The minimum Gasteiger partial charge on any atom is -0.363 e. The van der Waals surface area contributed by atoms with Crippen molar-refractivity contribution in [2.24, 2.45) is 28.4 Å². The van der Waals surface area contributed by atoms with Crippen LogP contribution in [0.15, 0.2) is 0 Å². The van der Waals surface area contributed by atoms with E-state index in [0.29, 0.717) is 32.2 Å². The number of sulfone groups is 1. The summed E-state index contributed by atoms with van der Waals surface area (Å²) >= 11 is 0. The van der Waals surface area contributed by atoms with Gasteiger partial charge in [0, 0.05) is 12.8 Å². The molecule has 3 aliphatic carbocycles. The number of carbonyl (C=O) groups is 5. The number of Topliss-reactive ketones (excluding diaryl/α,β-unsaturated/α-hetero) is 1. The molecule has 1 heterocycles. The molecule has 46 heavy (non-hydrogen) atoms. The zero-order valence-corrected chi connectivity index (χ0v) is 29.1. The van der Waals surface area contributed by atoms with Gasteiger partial charge in [-0.15, -0.1) is 0 Å². The highest BCUT2D eigenvalue weighted by Crippen LogP contribution is 2.51. The van der Waals surface area contributed by atoms with Gasteiger partial charge in [0.25, 0.3) is 5.91 Å². The average Bonchev–Trinajstić information content (AvgIpc) is 3.64. The van der Waals surface area contributed by atoms with Gasteiger partial charge in [-0.1, -0.05) is 72.6 Å². The molecule has 260 valence electrons. The Hall–Kier alpha value is -2.70. The summed E-state index contributed by atoms with van der Waals surface area (Å²) in [7, 11) is -3.39. The fourth-order valence-corrected chi connectivity index (χ4v) is 9.55. The molecule has 0 aromatic carbocycles. The normalized spacial score (nSPS) is 25.7. The summed E-state index contributed by atoms with van der Waals surface area (Å²) in [4.78, 5) is 68.3. The van der Waals surface area contributed by atoms with Crippen LogP contribution in [0.4, 0.5) is 4.79 Å². The van der Waals surface area contributed by atoms with Crippen LogP contribution in [0.25, 0.3) is 0 Å². The Labute approximate surface area is 274 Å². The summed E-state index contributed by atoms with van der Waals surface area (Å²) in [6.07, 6.45) is 11.3. The number of nitrogens with two attached hydrogens (primary N) is 1. The first-order valence-electron chi connectivity index (χ1n) is 17.1. The number of rotatable bonds is 11. The van der Waals surface area contributed by atoms with Crippen molar-refractivity contribution in [1.29, 1.82) is 0 Å². The molecule has 4 fully saturated rings. The van der Waals surface area contributed by atoms with E-state index in [1.54, 1.807) is 4.90 Å². The first kappa shape index (κ1) is 36.1. The summed E-state index contributed by atoms with van der Waals surface area (Å²) in [5.74, 6) is -2.68. The van der Waals surface area contributed by atoms with Crippen molar-refractivity contribution in [2.45, 2.75) is 135 Å². The molecular weight excluding hydrogens is 610 g/mol. The minimum absolute atomic E-state index is 0.104. The standard InChI is InChI=1S/C33H55N5O7S/c1-21-19-38(24(18-32(21)13-9-10-14-32)28(41)35-23(17-22-11-12-22)25(39)27(34)40)29(42)26(31(2,3)4)36-30(43)37-33(20-46(5,44)45)15-7-6-8-16-33/h21-24,26H,6-20H2,1-5H3,(H2,34,40)(H,35,41)(H2,36,37,43)/t21?,23?,24-,26+/m0/s1. The molecule has 4 aliphatic rings. The molecule has 1 spiro atoms. The molecule has 0 aromatic heterocycles. The summed E-state index contributed by atoms with van der Waals surface area (Å²) in [6, 6.07) is -3.58. The number of hydrogen-bond donors (Lipinski definition) is 4. The lowest BCUT2D eigenvalue weighted by molar-refractivity contribution is -0.152. The quantitative estimate of drug-likeness (QED) is 0.244. The predicted octanol–water partition coefficient (Wildman–Crippen LogP) is 2.58. The van der Waals surface area contributed by atoms with Crippen molar-refractivity contribution < 1.29 is 32.4 Å². The summed E-state index contributed by atoms with van der Waals surface area (Å²) in [6.45, 7) is 7.92. The van der Waals surface area contributed by atoms with Crippen molar-refractivity contribution in [3.8, 4) is 0 Å². The Kier molecular flexibility index (Phi) is 10.8. The topological polar surface area (TPSA) is 185 Å². The Morgan fingerprint density at radius 1 is 0.935 bits per heavy atom. The molecule has 4 atom stereocenters. The van der Waals surface area contributed by atoms with Crippen molar-refractivity contribution in [2.75, 3.05) is 18.6 Å². The van der Waals surface area contributed by atoms with Gasteiger partial charge in [0.15, 0.2) is 0 Å². The van der Waals surface area contributed by atoms with Crippen LogP contribution < -0.4 is 21.7 Å². The van der Waals surface area contributed by atoms with Gasteiger partial charge in [0.2, 0.25) is 17.6 Å². The highest BCUT2D eigenvalue weighted by molar-refractivity contribution is 7.90. The number of nitrogens with one attached hydrogen (secondary N) is 3. The third-order valence-corrected chi connectivity index (χ3v) is 12.0. The number of likely N-dealkylation sites (tertiary alicyclic amines) is 1. The average molecular weight is 666 g/mol. The maximum Gasteiger partial charge on any atom is 0.315 e. The number of amides is 5. The van der Waals surface area contributed by atoms with E-state index in [-0.39, 0.29) is 23.0 Å².